The Balaban J connectivity index is 2.03. The number of ether oxygens (including phenoxy) is 1. The number of hydrogen-bond acceptors (Lipinski definition) is 8. The number of carbonyl (C=O) groups excluding carboxylic acids is 1. The van der Waals surface area contributed by atoms with Gasteiger partial charge in [-0.25, -0.2) is 4.79 Å². The topological polar surface area (TPSA) is 98.1 Å². The summed E-state index contributed by atoms with van der Waals surface area (Å²) in [5.74, 6) is -1.31. The maximum Gasteiger partial charge on any atom is 0.337 e. The molecule has 1 atom stereocenters. The summed E-state index contributed by atoms with van der Waals surface area (Å²) in [4.78, 5) is 28.5. The molecule has 34 heavy (non-hydrogen) atoms. The van der Waals surface area contributed by atoms with E-state index >= 15 is 0 Å². The van der Waals surface area contributed by atoms with Gasteiger partial charge in [0.25, 0.3) is 5.56 Å². The maximum atomic E-state index is 13.3. The van der Waals surface area contributed by atoms with Gasteiger partial charge in [-0.1, -0.05) is 24.3 Å². The predicted molar refractivity (Wildman–Crippen MR) is 139 cm³/mol. The molecule has 1 aliphatic heterocycles. The van der Waals surface area contributed by atoms with Crippen molar-refractivity contribution in [3.8, 4) is 6.07 Å². The number of nitrogens with two attached hydrogens (primary N) is 1. The smallest absolute Gasteiger partial charge is 0.337 e. The highest BCUT2D eigenvalue weighted by molar-refractivity contribution is 7.98. The normalized spacial score (nSPS) is 15.8. The van der Waals surface area contributed by atoms with Gasteiger partial charge in [0.05, 0.1) is 34.8 Å². The maximum absolute atomic E-state index is 13.3. The number of nitriles is 1. The molecule has 4 rings (SSSR count). The molecular weight excluding hydrogens is 486 g/mol. The second-order valence-electron chi connectivity index (χ2n) is 7.35. The summed E-state index contributed by atoms with van der Waals surface area (Å²) in [6, 6.07) is 17.5. The molecule has 9 heteroatoms. The van der Waals surface area contributed by atoms with Crippen molar-refractivity contribution in [3.05, 3.63) is 84.8 Å². The molecule has 0 saturated heterocycles. The molecule has 0 amide bonds. The van der Waals surface area contributed by atoms with Crippen LogP contribution in [0.15, 0.2) is 68.7 Å². The van der Waals surface area contributed by atoms with Crippen LogP contribution in [0.2, 0.25) is 0 Å². The Morgan fingerprint density at radius 2 is 1.71 bits per heavy atom. The summed E-state index contributed by atoms with van der Waals surface area (Å²) in [6.45, 7) is 0. The van der Waals surface area contributed by atoms with E-state index in [4.69, 9.17) is 10.5 Å². The molecule has 0 aliphatic carbocycles. The lowest BCUT2D eigenvalue weighted by molar-refractivity contribution is -0.134. The number of benzene rings is 2. The van der Waals surface area contributed by atoms with Crippen molar-refractivity contribution in [2.75, 3.05) is 19.6 Å². The van der Waals surface area contributed by atoms with Crippen LogP contribution in [0.4, 0.5) is 0 Å². The number of rotatable bonds is 5. The Labute approximate surface area is 209 Å². The molecule has 172 valence electrons. The Morgan fingerprint density at radius 3 is 2.24 bits per heavy atom. The summed E-state index contributed by atoms with van der Waals surface area (Å²) in [7, 11) is 1.29. The second kappa shape index (κ2) is 9.97. The van der Waals surface area contributed by atoms with Gasteiger partial charge in [0.2, 0.25) is 0 Å². The van der Waals surface area contributed by atoms with Crippen LogP contribution in [-0.4, -0.2) is 30.2 Å². The first kappa shape index (κ1) is 24.0. The third kappa shape index (κ3) is 4.20. The second-order valence-corrected chi connectivity index (χ2v) is 10.1. The molecule has 3 aromatic rings. The minimum absolute atomic E-state index is 0.0303. The molecule has 1 aliphatic rings. The average Bonchev–Trinajstić information content (AvgIpc) is 3.19. The van der Waals surface area contributed by atoms with Gasteiger partial charge in [0, 0.05) is 9.79 Å². The lowest BCUT2D eigenvalue weighted by Crippen LogP contribution is -2.40. The van der Waals surface area contributed by atoms with Crippen LogP contribution >= 0.6 is 34.9 Å². The monoisotopic (exact) mass is 507 g/mol. The lowest BCUT2D eigenvalue weighted by atomic mass is 9.84. The minimum atomic E-state index is -0.736. The van der Waals surface area contributed by atoms with Gasteiger partial charge in [-0.05, 0) is 54.0 Å². The molecule has 2 aromatic carbocycles. The summed E-state index contributed by atoms with van der Waals surface area (Å²) in [5, 5.41) is 9.99. The zero-order valence-corrected chi connectivity index (χ0v) is 21.1. The van der Waals surface area contributed by atoms with Crippen LogP contribution in [0.25, 0.3) is 17.5 Å². The van der Waals surface area contributed by atoms with E-state index in [0.717, 1.165) is 20.9 Å². The molecule has 0 unspecified atom stereocenters. The number of esters is 1. The highest BCUT2D eigenvalue weighted by Gasteiger charge is 2.36. The van der Waals surface area contributed by atoms with Gasteiger partial charge in [-0.3, -0.25) is 9.36 Å². The van der Waals surface area contributed by atoms with E-state index in [0.29, 0.717) is 9.20 Å². The van der Waals surface area contributed by atoms with Crippen LogP contribution in [0.1, 0.15) is 17.0 Å². The van der Waals surface area contributed by atoms with Crippen LogP contribution in [0.3, 0.4) is 0 Å². The number of aromatic nitrogens is 1. The predicted octanol–water partition coefficient (Wildman–Crippen LogP) is 2.95. The van der Waals surface area contributed by atoms with Crippen LogP contribution in [0, 0.1) is 11.3 Å². The third-order valence-electron chi connectivity index (χ3n) is 5.54. The molecule has 0 fully saturated rings. The standard InChI is InChI=1S/C25H21N3O3S3/c1-31-25(30)21-20(15-6-10-17(33-3)11-7-15)18(13-26)22(27)28-23(29)19(34-24(21)28)12-14-4-8-16(32-2)9-5-14/h4-12,20H,27H2,1-3H3/t20-/m1/s1. The quantitative estimate of drug-likeness (QED) is 0.419. The number of methoxy groups -OCH3 is 1. The number of fused-ring (bicyclic) bond motifs is 1. The van der Waals surface area contributed by atoms with E-state index in [9.17, 15) is 14.9 Å². The zero-order valence-electron chi connectivity index (χ0n) is 18.7. The number of nitrogens with zero attached hydrogens (tertiary/aromatic N) is 2. The molecule has 1 aromatic heterocycles. The highest BCUT2D eigenvalue weighted by atomic mass is 32.2. The number of carbonyl (C=O) groups is 1. The number of allylic oxidation sites excluding steroid dienone is 1. The summed E-state index contributed by atoms with van der Waals surface area (Å²) >= 11 is 4.39. The summed E-state index contributed by atoms with van der Waals surface area (Å²) in [5.41, 5.74) is 7.94. The lowest BCUT2D eigenvalue weighted by Gasteiger charge is -2.24. The van der Waals surface area contributed by atoms with Gasteiger partial charge in [0.1, 0.15) is 10.5 Å². The average molecular weight is 508 g/mol. The van der Waals surface area contributed by atoms with Crippen molar-refractivity contribution >= 4 is 58.3 Å². The molecule has 2 heterocycles. The molecular formula is C25H21N3O3S3. The molecule has 0 saturated carbocycles. The van der Waals surface area contributed by atoms with Crippen LogP contribution in [-0.2, 0) is 9.53 Å². The fraction of sp³-hybridized carbons (Fsp3) is 0.160. The zero-order chi connectivity index (χ0) is 24.4. The Kier molecular flexibility index (Phi) is 7.03. The Morgan fingerprint density at radius 1 is 1.12 bits per heavy atom. The van der Waals surface area contributed by atoms with E-state index < -0.39 is 11.9 Å². The van der Waals surface area contributed by atoms with Crippen molar-refractivity contribution in [3.63, 3.8) is 0 Å². The largest absolute Gasteiger partial charge is 0.466 e. The fourth-order valence-electron chi connectivity index (χ4n) is 3.84. The van der Waals surface area contributed by atoms with Gasteiger partial charge < -0.3 is 10.5 Å². The fourth-order valence-corrected chi connectivity index (χ4v) is 5.82. The first-order chi connectivity index (χ1) is 16.4. The van der Waals surface area contributed by atoms with E-state index in [1.165, 1.54) is 23.0 Å². The van der Waals surface area contributed by atoms with Crippen molar-refractivity contribution in [2.45, 2.75) is 15.7 Å². The third-order valence-corrected chi connectivity index (χ3v) is 8.13. The summed E-state index contributed by atoms with van der Waals surface area (Å²) < 4.78 is 7.13. The summed E-state index contributed by atoms with van der Waals surface area (Å²) in [6.07, 6.45) is 5.73. The SMILES string of the molecule is COC(=O)C1=c2sc(=Cc3ccc(SC)cc3)c(=O)n2C(N)=C(C#N)[C@H]1c1ccc(SC)cc1. The number of hydrogen-bond donors (Lipinski definition) is 1. The van der Waals surface area contributed by atoms with E-state index in [-0.39, 0.29) is 22.5 Å². The van der Waals surface area contributed by atoms with Crippen LogP contribution in [0.5, 0.6) is 0 Å². The minimum Gasteiger partial charge on any atom is -0.466 e. The van der Waals surface area contributed by atoms with Crippen LogP contribution < -0.4 is 20.5 Å². The van der Waals surface area contributed by atoms with Crippen molar-refractivity contribution in [2.24, 2.45) is 5.73 Å². The molecule has 2 N–H and O–H groups in total. The van der Waals surface area contributed by atoms with E-state index in [1.807, 2.05) is 61.0 Å². The molecule has 0 radical (unpaired) electrons. The van der Waals surface area contributed by atoms with Crippen molar-refractivity contribution in [1.82, 2.24) is 4.57 Å². The van der Waals surface area contributed by atoms with Gasteiger partial charge in [-0.2, -0.15) is 5.26 Å². The van der Waals surface area contributed by atoms with Gasteiger partial charge in [0.15, 0.2) is 0 Å². The highest BCUT2D eigenvalue weighted by Crippen LogP contribution is 2.37. The van der Waals surface area contributed by atoms with Gasteiger partial charge >= 0.3 is 5.97 Å². The first-order valence-electron chi connectivity index (χ1n) is 10.2. The first-order valence-corrected chi connectivity index (χ1v) is 13.4. The Bertz CT molecular complexity index is 1510. The number of thiazole rings is 1. The molecule has 0 spiro atoms. The van der Waals surface area contributed by atoms with E-state index in [2.05, 4.69) is 6.07 Å². The molecule has 0 bridgehead atoms. The Hall–Kier alpha value is -3.19. The molecule has 6 nitrogen and oxygen atoms in total. The van der Waals surface area contributed by atoms with E-state index in [1.54, 1.807) is 29.6 Å². The van der Waals surface area contributed by atoms with Crippen molar-refractivity contribution in [1.29, 1.82) is 5.26 Å². The number of thioether (sulfide) groups is 2. The van der Waals surface area contributed by atoms with Crippen molar-refractivity contribution < 1.29 is 9.53 Å². The van der Waals surface area contributed by atoms with Gasteiger partial charge in [-0.15, -0.1) is 34.9 Å².